The van der Waals surface area contributed by atoms with Crippen LogP contribution in [0.2, 0.25) is 0 Å². The van der Waals surface area contributed by atoms with E-state index in [1.807, 2.05) is 0 Å². The van der Waals surface area contributed by atoms with Gasteiger partial charge in [-0.15, -0.1) is 0 Å². The summed E-state index contributed by atoms with van der Waals surface area (Å²) in [6, 6.07) is 0. The minimum Gasteiger partial charge on any atom is -0.631 e. The Morgan fingerprint density at radius 1 is 1.38 bits per heavy atom. The Balaban J connectivity index is 2.40. The van der Waals surface area contributed by atoms with Crippen LogP contribution < -0.4 is 0 Å². The summed E-state index contributed by atoms with van der Waals surface area (Å²) >= 11 is 0. The lowest BCUT2D eigenvalue weighted by Gasteiger charge is -2.35. The molecule has 1 heterocycles. The van der Waals surface area contributed by atoms with Crippen molar-refractivity contribution in [3.8, 4) is 0 Å². The minimum absolute atomic E-state index is 0.236. The Kier molecular flexibility index (Phi) is 1.51. The maximum absolute atomic E-state index is 11.0. The number of likely N-dealkylation sites (tertiary alicyclic amines) is 1. The Morgan fingerprint density at radius 2 is 1.88 bits per heavy atom. The fourth-order valence-corrected chi connectivity index (χ4v) is 1.05. The van der Waals surface area contributed by atoms with Crippen LogP contribution in [0.25, 0.3) is 0 Å². The molecule has 1 fully saturated rings. The molecule has 0 spiro atoms. The SMILES string of the molecule is [O-][N+]1(CO)CCCC1. The number of nitrogens with zero attached hydrogens (tertiary/aromatic N) is 1. The van der Waals surface area contributed by atoms with E-state index in [4.69, 9.17) is 5.11 Å². The third kappa shape index (κ3) is 0.992. The lowest BCUT2D eigenvalue weighted by atomic mass is 10.4. The maximum atomic E-state index is 11.0. The number of aliphatic hydroxyl groups is 1. The summed E-state index contributed by atoms with van der Waals surface area (Å²) in [4.78, 5) is 0. The van der Waals surface area contributed by atoms with E-state index in [9.17, 15) is 5.21 Å². The number of hydrogen-bond donors (Lipinski definition) is 1. The maximum Gasteiger partial charge on any atom is 0.180 e. The third-order valence-electron chi connectivity index (χ3n) is 1.64. The number of hydrogen-bond acceptors (Lipinski definition) is 2. The van der Waals surface area contributed by atoms with Gasteiger partial charge in [0, 0.05) is 12.8 Å². The number of hydroxylamine groups is 3. The first kappa shape index (κ1) is 6.01. The summed E-state index contributed by atoms with van der Waals surface area (Å²) in [5.41, 5.74) is 0. The van der Waals surface area contributed by atoms with Gasteiger partial charge in [0.15, 0.2) is 6.73 Å². The molecule has 48 valence electrons. The molecule has 1 aliphatic rings. The van der Waals surface area contributed by atoms with Crippen LogP contribution >= 0.6 is 0 Å². The second-order valence-corrected chi connectivity index (χ2v) is 2.35. The first-order chi connectivity index (χ1) is 3.77. The zero-order valence-corrected chi connectivity index (χ0v) is 4.84. The van der Waals surface area contributed by atoms with E-state index < -0.39 is 0 Å². The van der Waals surface area contributed by atoms with E-state index in [1.54, 1.807) is 0 Å². The van der Waals surface area contributed by atoms with Gasteiger partial charge in [-0.25, -0.2) is 0 Å². The minimum atomic E-state index is -0.375. The van der Waals surface area contributed by atoms with Crippen molar-refractivity contribution in [3.05, 3.63) is 5.21 Å². The molecule has 1 rings (SSSR count). The van der Waals surface area contributed by atoms with Gasteiger partial charge in [0.1, 0.15) is 0 Å². The molecule has 1 aliphatic heterocycles. The molecule has 1 saturated heterocycles. The highest BCUT2D eigenvalue weighted by atomic mass is 16.6. The van der Waals surface area contributed by atoms with Gasteiger partial charge in [0.25, 0.3) is 0 Å². The van der Waals surface area contributed by atoms with Crippen LogP contribution in [0.3, 0.4) is 0 Å². The lowest BCUT2D eigenvalue weighted by molar-refractivity contribution is -0.887. The molecule has 0 radical (unpaired) electrons. The highest BCUT2D eigenvalue weighted by Gasteiger charge is 2.20. The van der Waals surface area contributed by atoms with Crippen molar-refractivity contribution in [2.24, 2.45) is 0 Å². The topological polar surface area (TPSA) is 43.3 Å². The Morgan fingerprint density at radius 3 is 2.12 bits per heavy atom. The van der Waals surface area contributed by atoms with Crippen LogP contribution in [0.15, 0.2) is 0 Å². The fraction of sp³-hybridized carbons (Fsp3) is 1.00. The molecule has 0 amide bonds. The molecule has 3 nitrogen and oxygen atoms in total. The monoisotopic (exact) mass is 117 g/mol. The molecule has 0 saturated carbocycles. The van der Waals surface area contributed by atoms with E-state index >= 15 is 0 Å². The zero-order chi connectivity index (χ0) is 6.04. The first-order valence-electron chi connectivity index (χ1n) is 2.95. The van der Waals surface area contributed by atoms with Gasteiger partial charge in [-0.2, -0.15) is 0 Å². The van der Waals surface area contributed by atoms with Crippen molar-refractivity contribution >= 4 is 0 Å². The summed E-state index contributed by atoms with van der Waals surface area (Å²) in [5.74, 6) is 0. The van der Waals surface area contributed by atoms with Gasteiger partial charge in [0.05, 0.1) is 13.1 Å². The molecule has 3 heteroatoms. The normalized spacial score (nSPS) is 26.2. The van der Waals surface area contributed by atoms with E-state index in [-0.39, 0.29) is 11.4 Å². The predicted molar refractivity (Wildman–Crippen MR) is 29.7 cm³/mol. The molecule has 1 N–H and O–H groups in total. The van der Waals surface area contributed by atoms with Crippen molar-refractivity contribution < 1.29 is 9.75 Å². The molecule has 0 atom stereocenters. The molecule has 0 aromatic carbocycles. The smallest absolute Gasteiger partial charge is 0.180 e. The number of rotatable bonds is 1. The summed E-state index contributed by atoms with van der Waals surface area (Å²) in [6.45, 7) is 0.979. The van der Waals surface area contributed by atoms with Gasteiger partial charge in [0.2, 0.25) is 0 Å². The summed E-state index contributed by atoms with van der Waals surface area (Å²) < 4.78 is -0.375. The van der Waals surface area contributed by atoms with Gasteiger partial charge in [-0.05, 0) is 0 Å². The third-order valence-corrected chi connectivity index (χ3v) is 1.64. The first-order valence-corrected chi connectivity index (χ1v) is 2.95. The molecule has 0 aromatic heterocycles. The van der Waals surface area contributed by atoms with Gasteiger partial charge >= 0.3 is 0 Å². The van der Waals surface area contributed by atoms with Gasteiger partial charge < -0.3 is 15.0 Å². The average Bonchev–Trinajstić information content (AvgIpc) is 2.17. The molecule has 0 aromatic rings. The summed E-state index contributed by atoms with van der Waals surface area (Å²) in [6.07, 6.45) is 1.95. The summed E-state index contributed by atoms with van der Waals surface area (Å²) in [7, 11) is 0. The quantitative estimate of drug-likeness (QED) is 0.389. The molecule has 8 heavy (non-hydrogen) atoms. The lowest BCUT2D eigenvalue weighted by Crippen LogP contribution is -2.39. The fourth-order valence-electron chi connectivity index (χ4n) is 1.05. The van der Waals surface area contributed by atoms with Crippen LogP contribution in [0.5, 0.6) is 0 Å². The van der Waals surface area contributed by atoms with Crippen molar-refractivity contribution in [3.63, 3.8) is 0 Å². The van der Waals surface area contributed by atoms with Crippen LogP contribution in [0.4, 0.5) is 0 Å². The van der Waals surface area contributed by atoms with E-state index in [2.05, 4.69) is 0 Å². The molecular formula is C5H11NO2. The van der Waals surface area contributed by atoms with E-state index in [1.165, 1.54) is 0 Å². The van der Waals surface area contributed by atoms with E-state index in [0.29, 0.717) is 13.1 Å². The van der Waals surface area contributed by atoms with E-state index in [0.717, 1.165) is 12.8 Å². The largest absolute Gasteiger partial charge is 0.631 e. The molecular weight excluding hydrogens is 106 g/mol. The van der Waals surface area contributed by atoms with Crippen molar-refractivity contribution in [2.75, 3.05) is 19.8 Å². The Bertz CT molecular complexity index is 78.5. The highest BCUT2D eigenvalue weighted by molar-refractivity contribution is 4.50. The Labute approximate surface area is 48.7 Å². The predicted octanol–water partition coefficient (Wildman–Crippen LogP) is 0.0446. The van der Waals surface area contributed by atoms with Gasteiger partial charge in [-0.3, -0.25) is 0 Å². The zero-order valence-electron chi connectivity index (χ0n) is 4.84. The standard InChI is InChI=1S/C5H11NO2/c7-5-6(8)3-1-2-4-6/h7H,1-5H2. The van der Waals surface area contributed by atoms with Crippen molar-refractivity contribution in [1.82, 2.24) is 0 Å². The molecule has 0 aliphatic carbocycles. The highest BCUT2D eigenvalue weighted by Crippen LogP contribution is 2.15. The van der Waals surface area contributed by atoms with Crippen LogP contribution in [0.1, 0.15) is 12.8 Å². The van der Waals surface area contributed by atoms with Crippen LogP contribution in [-0.4, -0.2) is 29.6 Å². The number of aliphatic hydroxyl groups excluding tert-OH is 1. The van der Waals surface area contributed by atoms with Crippen molar-refractivity contribution in [1.29, 1.82) is 0 Å². The van der Waals surface area contributed by atoms with Crippen LogP contribution in [0, 0.1) is 5.21 Å². The molecule has 0 unspecified atom stereocenters. The second kappa shape index (κ2) is 2.01. The Hall–Kier alpha value is -0.120. The second-order valence-electron chi connectivity index (χ2n) is 2.35. The van der Waals surface area contributed by atoms with Gasteiger partial charge in [-0.1, -0.05) is 0 Å². The number of quaternary nitrogens is 1. The summed E-state index contributed by atoms with van der Waals surface area (Å²) in [5, 5.41) is 19.4. The molecule has 0 bridgehead atoms. The average molecular weight is 117 g/mol. The van der Waals surface area contributed by atoms with Crippen molar-refractivity contribution in [2.45, 2.75) is 12.8 Å². The van der Waals surface area contributed by atoms with Crippen LogP contribution in [-0.2, 0) is 0 Å².